The molecule has 4 heteroatoms. The van der Waals surface area contributed by atoms with Crippen LogP contribution in [-0.4, -0.2) is 12.1 Å². The molecule has 0 bridgehead atoms. The number of carbonyl (C=O) groups is 1. The van der Waals surface area contributed by atoms with Crippen molar-refractivity contribution in [3.63, 3.8) is 0 Å². The van der Waals surface area contributed by atoms with Crippen molar-refractivity contribution >= 4 is 5.97 Å². The number of carbonyl (C=O) groups excluding carboxylic acids is 1. The number of esters is 1. The first-order valence-corrected chi connectivity index (χ1v) is 5.35. The summed E-state index contributed by atoms with van der Waals surface area (Å²) in [6, 6.07) is 5.48. The molecule has 1 aliphatic rings. The highest BCUT2D eigenvalue weighted by Gasteiger charge is 2.26. The molecule has 2 rings (SSSR count). The summed E-state index contributed by atoms with van der Waals surface area (Å²) >= 11 is 0. The lowest BCUT2D eigenvalue weighted by atomic mass is 10.1. The van der Waals surface area contributed by atoms with E-state index < -0.39 is 6.04 Å². The van der Waals surface area contributed by atoms with Gasteiger partial charge in [0.05, 0.1) is 6.42 Å². The molecule has 0 heterocycles. The Morgan fingerprint density at radius 1 is 1.56 bits per heavy atom. The predicted octanol–water partition coefficient (Wildman–Crippen LogP) is 1.92. The summed E-state index contributed by atoms with van der Waals surface area (Å²) in [6.45, 7) is 0. The van der Waals surface area contributed by atoms with Crippen LogP contribution in [0.15, 0.2) is 24.3 Å². The fourth-order valence-corrected chi connectivity index (χ4v) is 1.45. The second kappa shape index (κ2) is 4.61. The quantitative estimate of drug-likeness (QED) is 0.793. The fourth-order valence-electron chi connectivity index (χ4n) is 1.45. The Balaban J connectivity index is 1.91. The Hall–Kier alpha value is -1.42. The summed E-state index contributed by atoms with van der Waals surface area (Å²) in [5.74, 6) is -0.650. The molecule has 1 saturated carbocycles. The van der Waals surface area contributed by atoms with Crippen molar-refractivity contribution in [2.45, 2.75) is 31.4 Å². The number of rotatable bonds is 4. The molecule has 1 aromatic carbocycles. The third-order valence-corrected chi connectivity index (χ3v) is 2.49. The normalized spacial score (nSPS) is 16.9. The second-order valence-electron chi connectivity index (χ2n) is 4.05. The van der Waals surface area contributed by atoms with Crippen molar-refractivity contribution < 1.29 is 13.9 Å². The zero-order valence-corrected chi connectivity index (χ0v) is 8.86. The van der Waals surface area contributed by atoms with E-state index in [1.807, 2.05) is 0 Å². The molecule has 0 radical (unpaired) electrons. The van der Waals surface area contributed by atoms with Crippen molar-refractivity contribution in [2.75, 3.05) is 0 Å². The molecule has 86 valence electrons. The maximum absolute atomic E-state index is 12.9. The molecule has 0 saturated heterocycles. The molecule has 1 atom stereocenters. The van der Waals surface area contributed by atoms with Crippen LogP contribution in [0.4, 0.5) is 4.39 Å². The Morgan fingerprint density at radius 3 is 2.94 bits per heavy atom. The van der Waals surface area contributed by atoms with Crippen molar-refractivity contribution in [3.05, 3.63) is 35.6 Å². The molecule has 2 N–H and O–H groups in total. The van der Waals surface area contributed by atoms with Crippen LogP contribution in [-0.2, 0) is 9.53 Å². The summed E-state index contributed by atoms with van der Waals surface area (Å²) in [4.78, 5) is 11.4. The smallest absolute Gasteiger partial charge is 0.307 e. The van der Waals surface area contributed by atoms with E-state index in [0.29, 0.717) is 5.56 Å². The Kier molecular flexibility index (Phi) is 3.19. The standard InChI is InChI=1S/C12H14FNO2/c13-9-3-1-2-8(6-9)11(14)7-12(15)16-10-4-5-10/h1-3,6,10-11H,4-5,7,14H2. The van der Waals surface area contributed by atoms with Crippen LogP contribution >= 0.6 is 0 Å². The van der Waals surface area contributed by atoms with E-state index in [1.54, 1.807) is 12.1 Å². The summed E-state index contributed by atoms with van der Waals surface area (Å²) in [6.07, 6.45) is 2.08. The summed E-state index contributed by atoms with van der Waals surface area (Å²) in [5, 5.41) is 0. The number of benzene rings is 1. The second-order valence-corrected chi connectivity index (χ2v) is 4.05. The molecule has 0 aromatic heterocycles. The van der Waals surface area contributed by atoms with E-state index in [2.05, 4.69) is 0 Å². The molecule has 1 aliphatic carbocycles. The highest BCUT2D eigenvalue weighted by atomic mass is 19.1. The molecule has 1 fully saturated rings. The molecule has 16 heavy (non-hydrogen) atoms. The van der Waals surface area contributed by atoms with E-state index in [9.17, 15) is 9.18 Å². The van der Waals surface area contributed by atoms with E-state index in [-0.39, 0.29) is 24.3 Å². The van der Waals surface area contributed by atoms with Gasteiger partial charge in [-0.25, -0.2) is 4.39 Å². The Morgan fingerprint density at radius 2 is 2.31 bits per heavy atom. The minimum Gasteiger partial charge on any atom is -0.462 e. The maximum Gasteiger partial charge on any atom is 0.307 e. The van der Waals surface area contributed by atoms with Gasteiger partial charge in [0.25, 0.3) is 0 Å². The van der Waals surface area contributed by atoms with Gasteiger partial charge < -0.3 is 10.5 Å². The van der Waals surface area contributed by atoms with Gasteiger partial charge in [-0.2, -0.15) is 0 Å². The monoisotopic (exact) mass is 223 g/mol. The Bertz CT molecular complexity index is 390. The van der Waals surface area contributed by atoms with Crippen LogP contribution in [0.3, 0.4) is 0 Å². The first kappa shape index (κ1) is 11.1. The first-order valence-electron chi connectivity index (χ1n) is 5.35. The molecule has 1 aromatic rings. The van der Waals surface area contributed by atoms with Crippen molar-refractivity contribution in [1.82, 2.24) is 0 Å². The van der Waals surface area contributed by atoms with Gasteiger partial charge in [0, 0.05) is 6.04 Å². The molecule has 0 amide bonds. The van der Waals surface area contributed by atoms with Crippen LogP contribution in [0.2, 0.25) is 0 Å². The lowest BCUT2D eigenvalue weighted by Crippen LogP contribution is -2.18. The minimum absolute atomic E-state index is 0.0900. The van der Waals surface area contributed by atoms with Gasteiger partial charge in [-0.3, -0.25) is 4.79 Å². The molecule has 1 unspecified atom stereocenters. The first-order chi connectivity index (χ1) is 7.65. The fraction of sp³-hybridized carbons (Fsp3) is 0.417. The highest BCUT2D eigenvalue weighted by Crippen LogP contribution is 2.25. The van der Waals surface area contributed by atoms with E-state index in [0.717, 1.165) is 12.8 Å². The van der Waals surface area contributed by atoms with Crippen LogP contribution in [0, 0.1) is 5.82 Å². The van der Waals surface area contributed by atoms with Crippen molar-refractivity contribution in [2.24, 2.45) is 5.73 Å². The Labute approximate surface area is 93.4 Å². The minimum atomic E-state index is -0.498. The maximum atomic E-state index is 12.9. The number of nitrogens with two attached hydrogens (primary N) is 1. The molecule has 0 aliphatic heterocycles. The molecular weight excluding hydrogens is 209 g/mol. The van der Waals surface area contributed by atoms with E-state index in [4.69, 9.17) is 10.5 Å². The third-order valence-electron chi connectivity index (χ3n) is 2.49. The van der Waals surface area contributed by atoms with Crippen LogP contribution < -0.4 is 5.73 Å². The van der Waals surface area contributed by atoms with Crippen LogP contribution in [0.1, 0.15) is 30.9 Å². The zero-order chi connectivity index (χ0) is 11.5. The summed E-state index contributed by atoms with van der Waals surface area (Å²) in [7, 11) is 0. The van der Waals surface area contributed by atoms with Gasteiger partial charge in [-0.05, 0) is 30.5 Å². The summed E-state index contributed by atoms with van der Waals surface area (Å²) in [5.41, 5.74) is 6.41. The average molecular weight is 223 g/mol. The van der Waals surface area contributed by atoms with Gasteiger partial charge in [-0.15, -0.1) is 0 Å². The number of ether oxygens (including phenoxy) is 1. The predicted molar refractivity (Wildman–Crippen MR) is 57.1 cm³/mol. The van der Waals surface area contributed by atoms with E-state index in [1.165, 1.54) is 12.1 Å². The van der Waals surface area contributed by atoms with Gasteiger partial charge in [0.1, 0.15) is 11.9 Å². The van der Waals surface area contributed by atoms with Crippen LogP contribution in [0.5, 0.6) is 0 Å². The summed E-state index contributed by atoms with van der Waals surface area (Å²) < 4.78 is 18.0. The third kappa shape index (κ3) is 3.03. The van der Waals surface area contributed by atoms with Crippen molar-refractivity contribution in [1.29, 1.82) is 0 Å². The highest BCUT2D eigenvalue weighted by molar-refractivity contribution is 5.70. The van der Waals surface area contributed by atoms with Gasteiger partial charge >= 0.3 is 5.97 Å². The SMILES string of the molecule is NC(CC(=O)OC1CC1)c1cccc(F)c1. The van der Waals surface area contributed by atoms with E-state index >= 15 is 0 Å². The average Bonchev–Trinajstić information content (AvgIpc) is 3.01. The topological polar surface area (TPSA) is 52.3 Å². The van der Waals surface area contributed by atoms with Gasteiger partial charge in [0.2, 0.25) is 0 Å². The molecular formula is C12H14FNO2. The van der Waals surface area contributed by atoms with Gasteiger partial charge in [0.15, 0.2) is 0 Å². The molecule has 3 nitrogen and oxygen atoms in total. The van der Waals surface area contributed by atoms with Gasteiger partial charge in [-0.1, -0.05) is 12.1 Å². The number of halogens is 1. The number of hydrogen-bond donors (Lipinski definition) is 1. The lowest BCUT2D eigenvalue weighted by molar-refractivity contribution is -0.145. The lowest BCUT2D eigenvalue weighted by Gasteiger charge is -2.11. The number of hydrogen-bond acceptors (Lipinski definition) is 3. The zero-order valence-electron chi connectivity index (χ0n) is 8.86. The largest absolute Gasteiger partial charge is 0.462 e. The van der Waals surface area contributed by atoms with Crippen molar-refractivity contribution in [3.8, 4) is 0 Å². The molecule has 0 spiro atoms. The van der Waals surface area contributed by atoms with Crippen LogP contribution in [0.25, 0.3) is 0 Å².